The minimum absolute atomic E-state index is 0.184. The van der Waals surface area contributed by atoms with E-state index in [9.17, 15) is 9.59 Å². The maximum atomic E-state index is 12.4. The van der Waals surface area contributed by atoms with Gasteiger partial charge in [0.25, 0.3) is 5.91 Å². The van der Waals surface area contributed by atoms with Gasteiger partial charge in [0.15, 0.2) is 0 Å². The van der Waals surface area contributed by atoms with E-state index < -0.39 is 0 Å². The Balaban J connectivity index is 1.99. The van der Waals surface area contributed by atoms with E-state index >= 15 is 0 Å². The molecule has 2 rings (SSSR count). The van der Waals surface area contributed by atoms with Crippen molar-refractivity contribution in [1.82, 2.24) is 9.88 Å². The smallest absolute Gasteiger partial charge is 0.310 e. The van der Waals surface area contributed by atoms with Crippen LogP contribution in [0.1, 0.15) is 28.0 Å². The second-order valence-corrected chi connectivity index (χ2v) is 6.34. The number of amides is 1. The molecule has 6 heteroatoms. The van der Waals surface area contributed by atoms with Crippen LogP contribution in [0.5, 0.6) is 0 Å². The molecule has 0 spiro atoms. The zero-order valence-corrected chi connectivity index (χ0v) is 14.3. The van der Waals surface area contributed by atoms with Crippen LogP contribution in [0.4, 0.5) is 0 Å². The zero-order valence-electron chi connectivity index (χ0n) is 13.5. The average molecular weight is 332 g/mol. The SMILES string of the molecule is COC(=O)[C@H](C)CN(C)C(=O)c1csc(Cc2ccccc2)n1. The summed E-state index contributed by atoms with van der Waals surface area (Å²) >= 11 is 1.47. The van der Waals surface area contributed by atoms with Crippen LogP contribution in [-0.4, -0.2) is 42.5 Å². The Morgan fingerprint density at radius 1 is 1.30 bits per heavy atom. The van der Waals surface area contributed by atoms with Gasteiger partial charge in [0, 0.05) is 25.4 Å². The van der Waals surface area contributed by atoms with Gasteiger partial charge in [0.1, 0.15) is 5.69 Å². The summed E-state index contributed by atoms with van der Waals surface area (Å²) in [5.74, 6) is -0.875. The number of rotatable bonds is 6. The second-order valence-electron chi connectivity index (χ2n) is 5.40. The Morgan fingerprint density at radius 3 is 2.65 bits per heavy atom. The van der Waals surface area contributed by atoms with Crippen LogP contribution in [-0.2, 0) is 16.0 Å². The molecule has 0 saturated heterocycles. The van der Waals surface area contributed by atoms with Crippen LogP contribution < -0.4 is 0 Å². The fourth-order valence-corrected chi connectivity index (χ4v) is 3.03. The first kappa shape index (κ1) is 17.1. The first-order valence-electron chi connectivity index (χ1n) is 7.33. The van der Waals surface area contributed by atoms with Crippen LogP contribution in [0.2, 0.25) is 0 Å². The molecule has 0 aliphatic carbocycles. The summed E-state index contributed by atoms with van der Waals surface area (Å²) in [4.78, 5) is 29.7. The fourth-order valence-electron chi connectivity index (χ4n) is 2.23. The normalized spacial score (nSPS) is 11.8. The summed E-state index contributed by atoms with van der Waals surface area (Å²) < 4.78 is 4.68. The van der Waals surface area contributed by atoms with Crippen molar-refractivity contribution in [1.29, 1.82) is 0 Å². The maximum Gasteiger partial charge on any atom is 0.310 e. The standard InChI is InChI=1S/C17H20N2O3S/c1-12(17(21)22-3)10-19(2)16(20)14-11-23-15(18-14)9-13-7-5-4-6-8-13/h4-8,11-12H,9-10H2,1-3H3/t12-/m1/s1. The van der Waals surface area contributed by atoms with Crippen molar-refractivity contribution in [3.8, 4) is 0 Å². The van der Waals surface area contributed by atoms with E-state index in [4.69, 9.17) is 0 Å². The summed E-state index contributed by atoms with van der Waals surface area (Å²) in [6.07, 6.45) is 0.709. The number of methoxy groups -OCH3 is 1. The molecule has 23 heavy (non-hydrogen) atoms. The summed E-state index contributed by atoms with van der Waals surface area (Å²) in [5, 5.41) is 2.66. The molecule has 5 nitrogen and oxygen atoms in total. The number of ether oxygens (including phenoxy) is 1. The Kier molecular flexibility index (Phi) is 5.87. The van der Waals surface area contributed by atoms with Gasteiger partial charge in [-0.25, -0.2) is 4.98 Å². The molecule has 0 aliphatic rings. The van der Waals surface area contributed by atoms with Crippen LogP contribution in [0.15, 0.2) is 35.7 Å². The molecule has 1 atom stereocenters. The molecular formula is C17H20N2O3S. The van der Waals surface area contributed by atoms with Crippen LogP contribution in [0.3, 0.4) is 0 Å². The third-order valence-electron chi connectivity index (χ3n) is 3.47. The van der Waals surface area contributed by atoms with Crippen molar-refractivity contribution in [3.05, 3.63) is 52.0 Å². The Hall–Kier alpha value is -2.21. The van der Waals surface area contributed by atoms with Gasteiger partial charge in [-0.1, -0.05) is 37.3 Å². The molecule has 0 bridgehead atoms. The molecule has 1 heterocycles. The number of esters is 1. The average Bonchev–Trinajstić information content (AvgIpc) is 3.02. The van der Waals surface area contributed by atoms with Crippen molar-refractivity contribution in [2.45, 2.75) is 13.3 Å². The van der Waals surface area contributed by atoms with Crippen molar-refractivity contribution >= 4 is 23.2 Å². The quantitative estimate of drug-likeness (QED) is 0.763. The lowest BCUT2D eigenvalue weighted by Crippen LogP contribution is -2.34. The second kappa shape index (κ2) is 7.87. The number of carbonyl (C=O) groups excluding carboxylic acids is 2. The predicted molar refractivity (Wildman–Crippen MR) is 89.5 cm³/mol. The highest BCUT2D eigenvalue weighted by Crippen LogP contribution is 2.16. The topological polar surface area (TPSA) is 59.5 Å². The van der Waals surface area contributed by atoms with Crippen molar-refractivity contribution < 1.29 is 14.3 Å². The van der Waals surface area contributed by atoms with E-state index in [0.717, 1.165) is 10.6 Å². The monoisotopic (exact) mass is 332 g/mol. The molecule has 0 radical (unpaired) electrons. The van der Waals surface area contributed by atoms with Crippen molar-refractivity contribution in [3.63, 3.8) is 0 Å². The predicted octanol–water partition coefficient (Wildman–Crippen LogP) is 2.62. The van der Waals surface area contributed by atoms with Crippen LogP contribution in [0, 0.1) is 5.92 Å². The number of thiazole rings is 1. The molecule has 0 fully saturated rings. The molecule has 122 valence electrons. The van der Waals surface area contributed by atoms with Gasteiger partial charge in [-0.3, -0.25) is 9.59 Å². The lowest BCUT2D eigenvalue weighted by atomic mass is 10.1. The summed E-state index contributed by atoms with van der Waals surface area (Å²) in [5.41, 5.74) is 1.58. The number of hydrogen-bond donors (Lipinski definition) is 0. The maximum absolute atomic E-state index is 12.4. The molecule has 1 aromatic carbocycles. The first-order valence-corrected chi connectivity index (χ1v) is 8.21. The lowest BCUT2D eigenvalue weighted by molar-refractivity contribution is -0.145. The highest BCUT2D eigenvalue weighted by molar-refractivity contribution is 7.09. The Bertz CT molecular complexity index is 669. The number of carbonyl (C=O) groups is 2. The number of hydrogen-bond acceptors (Lipinski definition) is 5. The zero-order chi connectivity index (χ0) is 16.8. The highest BCUT2D eigenvalue weighted by Gasteiger charge is 2.21. The van der Waals surface area contributed by atoms with Crippen molar-refractivity contribution in [2.24, 2.45) is 5.92 Å². The van der Waals surface area contributed by atoms with Gasteiger partial charge >= 0.3 is 5.97 Å². The van der Waals surface area contributed by atoms with Crippen LogP contribution in [0.25, 0.3) is 0 Å². The van der Waals surface area contributed by atoms with E-state index in [2.05, 4.69) is 9.72 Å². The van der Waals surface area contributed by atoms with Gasteiger partial charge in [0.2, 0.25) is 0 Å². The first-order chi connectivity index (χ1) is 11.0. The van der Waals surface area contributed by atoms with Gasteiger partial charge in [0.05, 0.1) is 18.0 Å². The highest BCUT2D eigenvalue weighted by atomic mass is 32.1. The van der Waals surface area contributed by atoms with E-state index in [1.807, 2.05) is 30.3 Å². The summed E-state index contributed by atoms with van der Waals surface area (Å²) in [6, 6.07) is 10.0. The van der Waals surface area contributed by atoms with Gasteiger partial charge in [-0.2, -0.15) is 0 Å². The van der Waals surface area contributed by atoms with Crippen LogP contribution >= 0.6 is 11.3 Å². The van der Waals surface area contributed by atoms with E-state index in [1.54, 1.807) is 19.4 Å². The van der Waals surface area contributed by atoms with Gasteiger partial charge in [-0.15, -0.1) is 11.3 Å². The summed E-state index contributed by atoms with van der Waals surface area (Å²) in [6.45, 7) is 2.04. The lowest BCUT2D eigenvalue weighted by Gasteiger charge is -2.19. The van der Waals surface area contributed by atoms with Crippen molar-refractivity contribution in [2.75, 3.05) is 20.7 Å². The molecular weight excluding hydrogens is 312 g/mol. The number of nitrogens with zero attached hydrogens (tertiary/aromatic N) is 2. The minimum Gasteiger partial charge on any atom is -0.469 e. The Labute approximate surface area is 139 Å². The fraction of sp³-hybridized carbons (Fsp3) is 0.353. The van der Waals surface area contributed by atoms with E-state index in [0.29, 0.717) is 18.7 Å². The molecule has 0 saturated carbocycles. The molecule has 1 amide bonds. The molecule has 2 aromatic rings. The van der Waals surface area contributed by atoms with E-state index in [-0.39, 0.29) is 17.8 Å². The number of aromatic nitrogens is 1. The molecule has 0 unspecified atom stereocenters. The van der Waals surface area contributed by atoms with E-state index in [1.165, 1.54) is 23.3 Å². The minimum atomic E-state index is -0.364. The van der Waals surface area contributed by atoms with Gasteiger partial charge in [-0.05, 0) is 5.56 Å². The van der Waals surface area contributed by atoms with Gasteiger partial charge < -0.3 is 9.64 Å². The number of benzene rings is 1. The molecule has 1 aromatic heterocycles. The third-order valence-corrected chi connectivity index (χ3v) is 4.32. The molecule has 0 aliphatic heterocycles. The largest absolute Gasteiger partial charge is 0.469 e. The molecule has 0 N–H and O–H groups in total. The summed E-state index contributed by atoms with van der Waals surface area (Å²) in [7, 11) is 3.01. The third kappa shape index (κ3) is 4.63. The Morgan fingerprint density at radius 2 is 2.00 bits per heavy atom.